The van der Waals surface area contributed by atoms with E-state index in [2.05, 4.69) is 31.2 Å². The Labute approximate surface area is 385 Å². The molecule has 22 heteroatoms. The summed E-state index contributed by atoms with van der Waals surface area (Å²) in [5.41, 5.74) is 10.7. The minimum absolute atomic E-state index is 0.00656. The van der Waals surface area contributed by atoms with Gasteiger partial charge in [0, 0.05) is 25.4 Å². The van der Waals surface area contributed by atoms with Gasteiger partial charge in [0.2, 0.25) is 29.5 Å². The zero-order valence-corrected chi connectivity index (χ0v) is 39.4. The molecule has 1 saturated heterocycles. The lowest BCUT2D eigenvalue weighted by atomic mass is 9.85. The number of carbonyl (C=O) groups excluding carboxylic acids is 5. The van der Waals surface area contributed by atoms with E-state index in [9.17, 15) is 52.2 Å². The number of carbonyl (C=O) groups is 7. The summed E-state index contributed by atoms with van der Waals surface area (Å²) in [4.78, 5) is 98.0. The van der Waals surface area contributed by atoms with Crippen LogP contribution < -0.4 is 32.7 Å². The highest BCUT2D eigenvalue weighted by atomic mass is 19.4. The van der Waals surface area contributed by atoms with Gasteiger partial charge in [0.1, 0.15) is 36.0 Å². The molecule has 0 saturated carbocycles. The average molecular weight is 944 g/mol. The summed E-state index contributed by atoms with van der Waals surface area (Å²) in [5, 5.41) is 37.9. The molecule has 11 N–H and O–H groups in total. The number of halogens is 3. The van der Waals surface area contributed by atoms with Crippen LogP contribution in [0.2, 0.25) is 0 Å². The highest BCUT2D eigenvalue weighted by Crippen LogP contribution is 2.23. The summed E-state index contributed by atoms with van der Waals surface area (Å²) in [6, 6.07) is 0.594. The number of nitrogens with two attached hydrogens (primary N) is 2. The van der Waals surface area contributed by atoms with Crippen molar-refractivity contribution in [2.45, 2.75) is 142 Å². The van der Waals surface area contributed by atoms with E-state index in [1.807, 2.05) is 34.9 Å². The summed E-state index contributed by atoms with van der Waals surface area (Å²) < 4.78 is 31.7. The van der Waals surface area contributed by atoms with Gasteiger partial charge in [-0.3, -0.25) is 29.0 Å². The Morgan fingerprint density at radius 3 is 1.92 bits per heavy atom. The smallest absolute Gasteiger partial charge is 0.490 e. The number of carboxylic acids is 2. The number of phenols is 1. The number of alkyl halides is 3. The number of aliphatic imine (C=N–C) groups is 1. The summed E-state index contributed by atoms with van der Waals surface area (Å²) >= 11 is 0. The molecular formula is C44H72F3N9O10. The molecule has 0 spiro atoms. The topological polar surface area (TPSA) is 299 Å². The van der Waals surface area contributed by atoms with Crippen LogP contribution in [-0.4, -0.2) is 143 Å². The number of unbranched alkanes of at least 4 members (excludes halogenated alkanes) is 2. The number of amides is 5. The molecule has 1 aliphatic rings. The first-order valence-electron chi connectivity index (χ1n) is 22.1. The molecule has 0 aliphatic carbocycles. The molecule has 2 rings (SSSR count). The van der Waals surface area contributed by atoms with Crippen molar-refractivity contribution >= 4 is 47.4 Å². The van der Waals surface area contributed by atoms with Crippen molar-refractivity contribution in [2.24, 2.45) is 33.7 Å². The molecule has 0 bridgehead atoms. The molecule has 19 nitrogen and oxygen atoms in total. The van der Waals surface area contributed by atoms with Gasteiger partial charge >= 0.3 is 18.1 Å². The van der Waals surface area contributed by atoms with Crippen LogP contribution >= 0.6 is 0 Å². The van der Waals surface area contributed by atoms with Crippen molar-refractivity contribution in [3.63, 3.8) is 0 Å². The lowest BCUT2D eigenvalue weighted by Gasteiger charge is -2.33. The third kappa shape index (κ3) is 22.0. The molecule has 1 aromatic carbocycles. The molecule has 5 amide bonds. The van der Waals surface area contributed by atoms with Crippen LogP contribution in [0.3, 0.4) is 0 Å². The SMILES string of the molecule is CC(C)C[C@H](NC(=O)[C@@H](NC(=O)[C@H](Cc1ccc(O)cc1)NC(=O)[C@@H]1CCCN1C(=O)[C@H](CCCN=C(N)N)NC(=O)[C@@H](C)CCCCCN(C)C)C(C)(C)C)C(=O)O.O=C(O)C(F)(F)F. The van der Waals surface area contributed by atoms with E-state index in [1.165, 1.54) is 17.0 Å². The van der Waals surface area contributed by atoms with Crippen LogP contribution in [0.5, 0.6) is 5.75 Å². The third-order valence-electron chi connectivity index (χ3n) is 10.6. The Morgan fingerprint density at radius 2 is 1.41 bits per heavy atom. The van der Waals surface area contributed by atoms with E-state index in [4.69, 9.17) is 21.4 Å². The van der Waals surface area contributed by atoms with Crippen molar-refractivity contribution in [2.75, 3.05) is 33.7 Å². The summed E-state index contributed by atoms with van der Waals surface area (Å²) in [5.74, 6) is -7.09. The van der Waals surface area contributed by atoms with Crippen molar-refractivity contribution in [1.82, 2.24) is 31.1 Å². The van der Waals surface area contributed by atoms with E-state index in [1.54, 1.807) is 32.9 Å². The Kier molecular flexibility index (Phi) is 24.5. The van der Waals surface area contributed by atoms with E-state index >= 15 is 0 Å². The molecule has 1 aromatic rings. The molecule has 374 valence electrons. The Bertz CT molecular complexity index is 1790. The molecule has 0 unspecified atom stereocenters. The van der Waals surface area contributed by atoms with Gasteiger partial charge < -0.3 is 57.9 Å². The number of benzene rings is 1. The number of hydrogen-bond donors (Lipinski definition) is 9. The van der Waals surface area contributed by atoms with Crippen LogP contribution in [-0.2, 0) is 40.0 Å². The Hall–Kier alpha value is -5.67. The van der Waals surface area contributed by atoms with Gasteiger partial charge in [-0.2, -0.15) is 13.2 Å². The normalized spacial score (nSPS) is 16.1. The first-order valence-corrected chi connectivity index (χ1v) is 22.1. The van der Waals surface area contributed by atoms with Crippen LogP contribution in [0, 0.1) is 17.3 Å². The van der Waals surface area contributed by atoms with Crippen LogP contribution in [0.15, 0.2) is 29.3 Å². The molecule has 66 heavy (non-hydrogen) atoms. The van der Waals surface area contributed by atoms with Gasteiger partial charge in [-0.1, -0.05) is 66.5 Å². The first kappa shape index (κ1) is 58.3. The number of aliphatic carboxylic acids is 2. The number of nitrogens with one attached hydrogen (secondary N) is 4. The number of carboxylic acid groups (broad SMARTS) is 2. The molecule has 6 atom stereocenters. The molecule has 1 heterocycles. The fourth-order valence-electron chi connectivity index (χ4n) is 6.98. The number of hydrogen-bond acceptors (Lipinski definition) is 10. The van der Waals surface area contributed by atoms with Gasteiger partial charge in [-0.15, -0.1) is 0 Å². The molecular weight excluding hydrogens is 872 g/mol. The van der Waals surface area contributed by atoms with Crippen LogP contribution in [0.25, 0.3) is 0 Å². The van der Waals surface area contributed by atoms with E-state index < -0.39 is 77.4 Å². The largest absolute Gasteiger partial charge is 0.508 e. The molecule has 1 fully saturated rings. The lowest BCUT2D eigenvalue weighted by Crippen LogP contribution is -2.61. The maximum absolute atomic E-state index is 14.2. The third-order valence-corrected chi connectivity index (χ3v) is 10.6. The second-order valence-electron chi connectivity index (χ2n) is 18.3. The van der Waals surface area contributed by atoms with Gasteiger partial charge in [-0.05, 0) is 94.6 Å². The minimum atomic E-state index is -5.08. The highest BCUT2D eigenvalue weighted by Gasteiger charge is 2.41. The van der Waals surface area contributed by atoms with Gasteiger partial charge in [0.05, 0.1) is 0 Å². The second-order valence-corrected chi connectivity index (χ2v) is 18.3. The highest BCUT2D eigenvalue weighted by molar-refractivity contribution is 5.96. The molecule has 0 radical (unpaired) electrons. The van der Waals surface area contributed by atoms with E-state index in [-0.39, 0.29) is 61.8 Å². The van der Waals surface area contributed by atoms with Crippen molar-refractivity contribution in [1.29, 1.82) is 0 Å². The molecule has 0 aromatic heterocycles. The van der Waals surface area contributed by atoms with Gasteiger partial charge in [0.25, 0.3) is 0 Å². The average Bonchev–Trinajstić information content (AvgIpc) is 3.70. The van der Waals surface area contributed by atoms with E-state index in [0.717, 1.165) is 25.8 Å². The number of nitrogens with zero attached hydrogens (tertiary/aromatic N) is 3. The zero-order valence-electron chi connectivity index (χ0n) is 39.4. The Balaban J connectivity index is 0.00000286. The van der Waals surface area contributed by atoms with Crippen molar-refractivity contribution < 1.29 is 62.1 Å². The van der Waals surface area contributed by atoms with Crippen molar-refractivity contribution in [3.05, 3.63) is 29.8 Å². The maximum Gasteiger partial charge on any atom is 0.490 e. The van der Waals surface area contributed by atoms with Crippen LogP contribution in [0.1, 0.15) is 105 Å². The Morgan fingerprint density at radius 1 is 0.818 bits per heavy atom. The summed E-state index contributed by atoms with van der Waals surface area (Å²) in [6.07, 6.45) is 0.000468. The van der Waals surface area contributed by atoms with Gasteiger partial charge in [-0.25, -0.2) is 9.59 Å². The number of likely N-dealkylation sites (tertiary alicyclic amines) is 1. The fraction of sp³-hybridized carbons (Fsp3) is 0.682. The van der Waals surface area contributed by atoms with Crippen molar-refractivity contribution in [3.8, 4) is 5.75 Å². The van der Waals surface area contributed by atoms with Gasteiger partial charge in [0.15, 0.2) is 5.96 Å². The quantitative estimate of drug-likeness (QED) is 0.0410. The predicted molar refractivity (Wildman–Crippen MR) is 241 cm³/mol. The zero-order chi connectivity index (χ0) is 50.5. The maximum atomic E-state index is 14.2. The summed E-state index contributed by atoms with van der Waals surface area (Å²) in [6.45, 7) is 12.1. The van der Waals surface area contributed by atoms with Crippen LogP contribution in [0.4, 0.5) is 13.2 Å². The summed E-state index contributed by atoms with van der Waals surface area (Å²) in [7, 11) is 4.03. The number of guanidine groups is 1. The molecule has 1 aliphatic heterocycles. The standard InChI is InChI=1S/C42H71N9O8.C2HF3O2/c1-26(2)24-32(40(58)59)48-38(56)34(42(4,5)6)49-36(54)31(25-28-17-19-29(52)20-18-28)47-37(55)33-16-13-23-51(33)39(57)30(15-12-21-45-41(43)44)46-35(53)27(3)14-10-9-11-22-50(7)8;3-2(4,5)1(6)7/h17-20,26-27,30-34,52H,9-16,21-25H2,1-8H3,(H,46,53)(H,47,55)(H,48,56)(H,49,54)(H,58,59)(H4,43,44,45);(H,6,7)/t27-,30-,31-,32-,33-,34+;/m0./s1. The first-order chi connectivity index (χ1) is 30.5. The number of rotatable bonds is 24. The fourth-order valence-corrected chi connectivity index (χ4v) is 6.98. The predicted octanol–water partition coefficient (Wildman–Crippen LogP) is 2.49. The number of phenolic OH excluding ortho intramolecular Hbond substituents is 1. The lowest BCUT2D eigenvalue weighted by molar-refractivity contribution is -0.192. The monoisotopic (exact) mass is 944 g/mol. The van der Waals surface area contributed by atoms with E-state index in [0.29, 0.717) is 31.2 Å². The number of aromatic hydroxyl groups is 1. The minimum Gasteiger partial charge on any atom is -0.508 e. The second kappa shape index (κ2) is 27.7.